The number of esters is 1. The number of aromatic nitrogens is 1. The number of nitrogens with zero attached hydrogens (tertiary/aromatic N) is 1. The lowest BCUT2D eigenvalue weighted by Gasteiger charge is -2.48. The van der Waals surface area contributed by atoms with Crippen molar-refractivity contribution in [1.29, 1.82) is 0 Å². The first-order chi connectivity index (χ1) is 17.1. The molecule has 0 saturated carbocycles. The van der Waals surface area contributed by atoms with Crippen molar-refractivity contribution in [1.82, 2.24) is 4.98 Å². The third-order valence-corrected chi connectivity index (χ3v) is 8.02. The standard InChI is InChI=1S/C25H29ClN2O7S/c1-12(2)25(27,24(32)33-3)23-21(31)19(29)20(30)22(35-23)13-6-7-15(26)14(9-13)10-18-28-11-17(36-18)16-5-4-8-34-16/h4-9,11-12,19-23,29-31H,10,27H2,1-3H3/t19-,20-,21+,22+,23+,25-/m1/s1. The maximum absolute atomic E-state index is 12.6. The largest absolute Gasteiger partial charge is 0.468 e. The number of carbonyl (C=O) groups excluding carboxylic acids is 1. The molecular formula is C25H29ClN2O7S. The van der Waals surface area contributed by atoms with Crippen LogP contribution in [0.4, 0.5) is 0 Å². The average Bonchev–Trinajstić information content (AvgIpc) is 3.55. The third-order valence-electron chi connectivity index (χ3n) is 6.64. The maximum Gasteiger partial charge on any atom is 0.328 e. The fourth-order valence-electron chi connectivity index (χ4n) is 4.40. The number of nitrogens with two attached hydrogens (primary N) is 1. The van der Waals surface area contributed by atoms with E-state index in [9.17, 15) is 20.1 Å². The first kappa shape index (κ1) is 26.7. The van der Waals surface area contributed by atoms with Crippen LogP contribution in [0.15, 0.2) is 47.2 Å². The van der Waals surface area contributed by atoms with Crippen LogP contribution in [-0.4, -0.2) is 63.3 Å². The molecule has 0 amide bonds. The Hall–Kier alpha value is -2.31. The zero-order valence-corrected chi connectivity index (χ0v) is 21.6. The van der Waals surface area contributed by atoms with Crippen molar-refractivity contribution in [2.24, 2.45) is 11.7 Å². The number of furan rings is 1. The summed E-state index contributed by atoms with van der Waals surface area (Å²) in [5, 5.41) is 33.5. The number of methoxy groups -OCH3 is 1. The zero-order chi connectivity index (χ0) is 26.2. The molecule has 11 heteroatoms. The van der Waals surface area contributed by atoms with E-state index in [1.807, 2.05) is 6.07 Å². The van der Waals surface area contributed by atoms with E-state index in [0.29, 0.717) is 17.0 Å². The van der Waals surface area contributed by atoms with Crippen LogP contribution < -0.4 is 5.73 Å². The molecule has 0 aliphatic carbocycles. The molecule has 1 aliphatic heterocycles. The highest BCUT2D eigenvalue weighted by atomic mass is 35.5. The number of carbonyl (C=O) groups is 1. The summed E-state index contributed by atoms with van der Waals surface area (Å²) in [5.74, 6) is -0.588. The van der Waals surface area contributed by atoms with E-state index in [1.165, 1.54) is 18.4 Å². The van der Waals surface area contributed by atoms with E-state index in [2.05, 4.69) is 4.98 Å². The van der Waals surface area contributed by atoms with E-state index in [1.54, 1.807) is 50.6 Å². The van der Waals surface area contributed by atoms with Crippen LogP contribution in [-0.2, 0) is 20.7 Å². The van der Waals surface area contributed by atoms with Crippen molar-refractivity contribution in [2.45, 2.75) is 56.3 Å². The second-order valence-corrected chi connectivity index (χ2v) is 10.7. The number of thiazole rings is 1. The Morgan fingerprint density at radius 3 is 2.64 bits per heavy atom. The van der Waals surface area contributed by atoms with Gasteiger partial charge in [-0.3, -0.25) is 0 Å². The SMILES string of the molecule is COC(=O)[C@@](N)(C(C)C)[C@H]1O[C@@H](c2ccc(Cl)c(Cc3ncc(-c4ccco4)s3)c2)[C@H](O)[C@@H](O)[C@@H]1O. The second kappa shape index (κ2) is 10.6. The van der Waals surface area contributed by atoms with Gasteiger partial charge >= 0.3 is 5.97 Å². The fraction of sp³-hybridized carbons (Fsp3) is 0.440. The number of halogens is 1. The normalized spacial score (nSPS) is 26.1. The van der Waals surface area contributed by atoms with Crippen molar-refractivity contribution in [3.63, 3.8) is 0 Å². The quantitative estimate of drug-likeness (QED) is 0.334. The molecule has 0 radical (unpaired) electrons. The molecule has 194 valence electrons. The van der Waals surface area contributed by atoms with Gasteiger partial charge in [-0.05, 0) is 35.2 Å². The van der Waals surface area contributed by atoms with Gasteiger partial charge in [0.05, 0.1) is 23.3 Å². The summed E-state index contributed by atoms with van der Waals surface area (Å²) < 4.78 is 16.4. The van der Waals surface area contributed by atoms with Gasteiger partial charge in [-0.2, -0.15) is 0 Å². The lowest BCUT2D eigenvalue weighted by Crippen LogP contribution is -2.70. The predicted octanol–water partition coefficient (Wildman–Crippen LogP) is 2.70. The Bertz CT molecular complexity index is 1200. The van der Waals surface area contributed by atoms with E-state index < -0.39 is 47.9 Å². The minimum absolute atomic E-state index is 0.407. The van der Waals surface area contributed by atoms with Gasteiger partial charge in [0, 0.05) is 17.6 Å². The Morgan fingerprint density at radius 1 is 1.25 bits per heavy atom. The number of benzene rings is 1. The zero-order valence-electron chi connectivity index (χ0n) is 20.0. The minimum atomic E-state index is -1.77. The molecule has 6 atom stereocenters. The van der Waals surface area contributed by atoms with Gasteiger partial charge in [-0.1, -0.05) is 37.6 Å². The molecule has 3 aromatic rings. The lowest BCUT2D eigenvalue weighted by atomic mass is 9.75. The van der Waals surface area contributed by atoms with E-state index in [0.717, 1.165) is 21.2 Å². The van der Waals surface area contributed by atoms with Gasteiger partial charge in [0.2, 0.25) is 0 Å². The summed E-state index contributed by atoms with van der Waals surface area (Å²) in [6, 6.07) is 8.72. The monoisotopic (exact) mass is 536 g/mol. The molecule has 1 aliphatic rings. The molecule has 36 heavy (non-hydrogen) atoms. The van der Waals surface area contributed by atoms with Crippen LogP contribution in [0.25, 0.3) is 10.6 Å². The molecule has 0 bridgehead atoms. The van der Waals surface area contributed by atoms with Crippen LogP contribution in [0, 0.1) is 5.92 Å². The Kier molecular flexibility index (Phi) is 7.86. The van der Waals surface area contributed by atoms with Crippen LogP contribution in [0.2, 0.25) is 5.02 Å². The molecule has 0 unspecified atom stereocenters. The number of hydrogen-bond donors (Lipinski definition) is 4. The van der Waals surface area contributed by atoms with E-state index in [-0.39, 0.29) is 0 Å². The molecule has 4 rings (SSSR count). The first-order valence-electron chi connectivity index (χ1n) is 11.4. The maximum atomic E-state index is 12.6. The van der Waals surface area contributed by atoms with Crippen molar-refractivity contribution >= 4 is 28.9 Å². The highest BCUT2D eigenvalue weighted by Gasteiger charge is 2.57. The molecule has 0 spiro atoms. The average molecular weight is 537 g/mol. The van der Waals surface area contributed by atoms with Gasteiger partial charge in [-0.25, -0.2) is 9.78 Å². The number of aliphatic hydroxyl groups is 3. The second-order valence-electron chi connectivity index (χ2n) is 9.15. The molecule has 5 N–H and O–H groups in total. The highest BCUT2D eigenvalue weighted by molar-refractivity contribution is 7.15. The van der Waals surface area contributed by atoms with Gasteiger partial charge in [0.15, 0.2) is 0 Å². The van der Waals surface area contributed by atoms with Crippen molar-refractivity contribution < 1.29 is 34.0 Å². The van der Waals surface area contributed by atoms with E-state index >= 15 is 0 Å². The number of ether oxygens (including phenoxy) is 2. The van der Waals surface area contributed by atoms with Crippen LogP contribution >= 0.6 is 22.9 Å². The van der Waals surface area contributed by atoms with Gasteiger partial charge in [0.25, 0.3) is 0 Å². The van der Waals surface area contributed by atoms with Gasteiger partial charge in [0.1, 0.15) is 41.8 Å². The van der Waals surface area contributed by atoms with Crippen molar-refractivity contribution in [3.05, 3.63) is 63.9 Å². The van der Waals surface area contributed by atoms with Crippen molar-refractivity contribution in [2.75, 3.05) is 7.11 Å². The van der Waals surface area contributed by atoms with Gasteiger partial charge in [-0.15, -0.1) is 11.3 Å². The third kappa shape index (κ3) is 4.82. The van der Waals surface area contributed by atoms with Gasteiger partial charge < -0.3 is 34.9 Å². The van der Waals surface area contributed by atoms with Crippen molar-refractivity contribution in [3.8, 4) is 10.6 Å². The van der Waals surface area contributed by atoms with Crippen LogP contribution in [0.1, 0.15) is 36.1 Å². The Morgan fingerprint density at radius 2 is 2.00 bits per heavy atom. The molecule has 1 saturated heterocycles. The summed E-state index contributed by atoms with van der Waals surface area (Å²) >= 11 is 7.93. The summed E-state index contributed by atoms with van der Waals surface area (Å²) in [5.41, 5.74) is 5.86. The van der Waals surface area contributed by atoms with Crippen LogP contribution in [0.5, 0.6) is 0 Å². The minimum Gasteiger partial charge on any atom is -0.468 e. The molecule has 2 aromatic heterocycles. The molecule has 1 fully saturated rings. The molecule has 3 heterocycles. The Balaban J connectivity index is 1.64. The van der Waals surface area contributed by atoms with Crippen LogP contribution in [0.3, 0.4) is 0 Å². The number of rotatable bonds is 7. The first-order valence-corrected chi connectivity index (χ1v) is 12.6. The summed E-state index contributed by atoms with van der Waals surface area (Å²) in [4.78, 5) is 18.0. The fourth-order valence-corrected chi connectivity index (χ4v) is 5.50. The smallest absolute Gasteiger partial charge is 0.328 e. The summed E-state index contributed by atoms with van der Waals surface area (Å²) in [6.45, 7) is 3.37. The predicted molar refractivity (Wildman–Crippen MR) is 133 cm³/mol. The Labute approximate surface area is 217 Å². The highest BCUT2D eigenvalue weighted by Crippen LogP contribution is 2.39. The topological polar surface area (TPSA) is 148 Å². The number of hydrogen-bond acceptors (Lipinski definition) is 10. The molecular weight excluding hydrogens is 508 g/mol. The van der Waals surface area contributed by atoms with E-state index in [4.69, 9.17) is 31.2 Å². The molecule has 1 aromatic carbocycles. The number of aliphatic hydroxyl groups excluding tert-OH is 3. The summed E-state index contributed by atoms with van der Waals surface area (Å²) in [6.07, 6.45) is -3.42. The summed E-state index contributed by atoms with van der Waals surface area (Å²) in [7, 11) is 1.19. The lowest BCUT2D eigenvalue weighted by molar-refractivity contribution is -0.245. The molecule has 9 nitrogen and oxygen atoms in total.